The zero-order chi connectivity index (χ0) is 22.3. The smallest absolute Gasteiger partial charge is 0.387 e. The number of amidine groups is 1. The lowest BCUT2D eigenvalue weighted by molar-refractivity contribution is -0.122. The minimum absolute atomic E-state index is 0.0726. The van der Waals surface area contributed by atoms with Crippen molar-refractivity contribution in [3.05, 3.63) is 107 Å². The van der Waals surface area contributed by atoms with E-state index < -0.39 is 6.61 Å². The molecule has 4 rings (SSSR count). The van der Waals surface area contributed by atoms with E-state index in [9.17, 15) is 13.6 Å². The van der Waals surface area contributed by atoms with E-state index in [4.69, 9.17) is 4.99 Å². The molecule has 1 aliphatic heterocycles. The van der Waals surface area contributed by atoms with Crippen LogP contribution < -0.4 is 4.74 Å². The van der Waals surface area contributed by atoms with Crippen LogP contribution in [0.2, 0.25) is 0 Å². The van der Waals surface area contributed by atoms with Crippen LogP contribution in [0.5, 0.6) is 5.75 Å². The van der Waals surface area contributed by atoms with Gasteiger partial charge >= 0.3 is 6.61 Å². The molecule has 7 heteroatoms. The summed E-state index contributed by atoms with van der Waals surface area (Å²) in [6.07, 6.45) is 1.74. The highest BCUT2D eigenvalue weighted by atomic mass is 32.2. The number of benzene rings is 3. The van der Waals surface area contributed by atoms with Gasteiger partial charge in [-0.15, -0.1) is 0 Å². The molecule has 4 nitrogen and oxygen atoms in total. The van der Waals surface area contributed by atoms with Crippen molar-refractivity contribution >= 4 is 28.9 Å². The number of alkyl halides is 2. The van der Waals surface area contributed by atoms with E-state index >= 15 is 0 Å². The fourth-order valence-corrected chi connectivity index (χ4v) is 4.15. The van der Waals surface area contributed by atoms with Gasteiger partial charge in [0.1, 0.15) is 5.75 Å². The van der Waals surface area contributed by atoms with Crippen LogP contribution in [-0.2, 0) is 17.9 Å². The number of hydrogen-bond donors (Lipinski definition) is 0. The normalized spacial score (nSPS) is 16.3. The summed E-state index contributed by atoms with van der Waals surface area (Å²) in [5, 5.41) is 0.631. The Hall–Kier alpha value is -3.45. The number of carbonyl (C=O) groups excluding carboxylic acids is 1. The Balaban J connectivity index is 1.58. The third-order valence-corrected chi connectivity index (χ3v) is 5.76. The molecule has 0 unspecified atom stereocenters. The molecule has 1 fully saturated rings. The van der Waals surface area contributed by atoms with Gasteiger partial charge in [0, 0.05) is 0 Å². The average Bonchev–Trinajstić information content (AvgIpc) is 3.09. The van der Waals surface area contributed by atoms with Crippen molar-refractivity contribution in [1.29, 1.82) is 0 Å². The molecule has 0 atom stereocenters. The predicted molar refractivity (Wildman–Crippen MR) is 123 cm³/mol. The summed E-state index contributed by atoms with van der Waals surface area (Å²) >= 11 is 1.31. The van der Waals surface area contributed by atoms with E-state index in [-0.39, 0.29) is 11.7 Å². The molecule has 0 aromatic heterocycles. The van der Waals surface area contributed by atoms with E-state index in [1.165, 1.54) is 23.9 Å². The Bertz CT molecular complexity index is 1120. The minimum atomic E-state index is -2.87. The highest BCUT2D eigenvalue weighted by molar-refractivity contribution is 8.18. The SMILES string of the molecule is O=C1/C(=C\c2ccc(OC(F)F)cc2)SC(=NCc2ccccc2)N1Cc1ccccc1. The molecule has 0 saturated carbocycles. The summed E-state index contributed by atoms with van der Waals surface area (Å²) in [4.78, 5) is 20.1. The average molecular weight is 451 g/mol. The van der Waals surface area contributed by atoms with E-state index in [1.54, 1.807) is 23.1 Å². The van der Waals surface area contributed by atoms with E-state index in [0.717, 1.165) is 11.1 Å². The van der Waals surface area contributed by atoms with Gasteiger partial charge in [-0.3, -0.25) is 14.7 Å². The number of rotatable bonds is 7. The summed E-state index contributed by atoms with van der Waals surface area (Å²) in [7, 11) is 0. The number of halogens is 2. The largest absolute Gasteiger partial charge is 0.435 e. The zero-order valence-corrected chi connectivity index (χ0v) is 17.8. The molecule has 0 spiro atoms. The molecule has 162 valence electrons. The highest BCUT2D eigenvalue weighted by Gasteiger charge is 2.33. The lowest BCUT2D eigenvalue weighted by atomic mass is 10.2. The van der Waals surface area contributed by atoms with Crippen molar-refractivity contribution in [1.82, 2.24) is 4.90 Å². The van der Waals surface area contributed by atoms with Crippen LogP contribution in [0.15, 0.2) is 94.8 Å². The number of carbonyl (C=O) groups is 1. The number of aliphatic imine (C=N–C) groups is 1. The second-order valence-corrected chi connectivity index (χ2v) is 8.03. The van der Waals surface area contributed by atoms with Gasteiger partial charge in [-0.25, -0.2) is 0 Å². The first kappa shape index (κ1) is 21.8. The van der Waals surface area contributed by atoms with Crippen molar-refractivity contribution in [3.63, 3.8) is 0 Å². The van der Waals surface area contributed by atoms with Gasteiger partial charge in [0.25, 0.3) is 5.91 Å². The molecule has 3 aromatic rings. The molecule has 32 heavy (non-hydrogen) atoms. The van der Waals surface area contributed by atoms with Gasteiger partial charge in [0.15, 0.2) is 5.17 Å². The second-order valence-electron chi connectivity index (χ2n) is 7.02. The molecule has 0 radical (unpaired) electrons. The van der Waals surface area contributed by atoms with Gasteiger partial charge in [0.05, 0.1) is 18.0 Å². The van der Waals surface area contributed by atoms with E-state index in [1.807, 2.05) is 60.7 Å². The van der Waals surface area contributed by atoms with Crippen LogP contribution in [0.4, 0.5) is 8.78 Å². The maximum atomic E-state index is 13.2. The Kier molecular flexibility index (Phi) is 6.97. The molecule has 1 saturated heterocycles. The first-order valence-electron chi connectivity index (χ1n) is 9.97. The van der Waals surface area contributed by atoms with Crippen LogP contribution in [0.3, 0.4) is 0 Å². The lowest BCUT2D eigenvalue weighted by Gasteiger charge is -2.15. The first-order valence-corrected chi connectivity index (χ1v) is 10.8. The standard InChI is InChI=1S/C25H20F2N2O2S/c26-24(27)31-21-13-11-18(12-14-21)15-22-23(30)29(17-20-9-5-2-6-10-20)25(32-22)28-16-19-7-3-1-4-8-19/h1-15,24H,16-17H2/b22-15+,28-25?. The molecule has 1 amide bonds. The van der Waals surface area contributed by atoms with Gasteiger partial charge in [-0.05, 0) is 46.7 Å². The summed E-state index contributed by atoms with van der Waals surface area (Å²) in [6.45, 7) is -1.99. The molecule has 0 bridgehead atoms. The second kappa shape index (κ2) is 10.2. The van der Waals surface area contributed by atoms with E-state index in [2.05, 4.69) is 4.74 Å². The summed E-state index contributed by atoms with van der Waals surface area (Å²) < 4.78 is 29.1. The van der Waals surface area contributed by atoms with Gasteiger partial charge in [-0.2, -0.15) is 8.78 Å². The zero-order valence-electron chi connectivity index (χ0n) is 17.0. The number of ether oxygens (including phenoxy) is 1. The Morgan fingerprint density at radius 3 is 2.16 bits per heavy atom. The monoisotopic (exact) mass is 450 g/mol. The summed E-state index contributed by atoms with van der Waals surface area (Å²) in [6, 6.07) is 25.8. The molecule has 0 aliphatic carbocycles. The third kappa shape index (κ3) is 5.62. The topological polar surface area (TPSA) is 41.9 Å². The maximum absolute atomic E-state index is 13.2. The van der Waals surface area contributed by atoms with Gasteiger partial charge in [-0.1, -0.05) is 72.8 Å². The number of thioether (sulfide) groups is 1. The fraction of sp³-hybridized carbons (Fsp3) is 0.120. The number of amides is 1. The van der Waals surface area contributed by atoms with Crippen LogP contribution in [0.25, 0.3) is 6.08 Å². The Morgan fingerprint density at radius 1 is 0.906 bits per heavy atom. The first-order chi connectivity index (χ1) is 15.6. The Labute approximate surface area is 189 Å². The van der Waals surface area contributed by atoms with Gasteiger partial charge < -0.3 is 4.74 Å². The van der Waals surface area contributed by atoms with Crippen LogP contribution >= 0.6 is 11.8 Å². The van der Waals surface area contributed by atoms with Crippen molar-refractivity contribution in [2.24, 2.45) is 4.99 Å². The molecular weight excluding hydrogens is 430 g/mol. The van der Waals surface area contributed by atoms with Crippen molar-refractivity contribution in [3.8, 4) is 5.75 Å². The molecular formula is C25H20F2N2O2S. The van der Waals surface area contributed by atoms with Crippen molar-refractivity contribution in [2.45, 2.75) is 19.7 Å². The fourth-order valence-electron chi connectivity index (χ4n) is 3.17. The lowest BCUT2D eigenvalue weighted by Crippen LogP contribution is -2.28. The maximum Gasteiger partial charge on any atom is 0.387 e. The van der Waals surface area contributed by atoms with Crippen LogP contribution in [-0.4, -0.2) is 22.6 Å². The van der Waals surface area contributed by atoms with Crippen LogP contribution in [0.1, 0.15) is 16.7 Å². The number of nitrogens with zero attached hydrogens (tertiary/aromatic N) is 2. The molecule has 0 N–H and O–H groups in total. The highest BCUT2D eigenvalue weighted by Crippen LogP contribution is 2.34. The summed E-state index contributed by atoms with van der Waals surface area (Å²) in [5.74, 6) is -0.0676. The Morgan fingerprint density at radius 2 is 1.53 bits per heavy atom. The quantitative estimate of drug-likeness (QED) is 0.417. The van der Waals surface area contributed by atoms with Crippen molar-refractivity contribution in [2.75, 3.05) is 0 Å². The van der Waals surface area contributed by atoms with Gasteiger partial charge in [0.2, 0.25) is 0 Å². The third-order valence-electron chi connectivity index (χ3n) is 4.71. The minimum Gasteiger partial charge on any atom is -0.435 e. The predicted octanol–water partition coefficient (Wildman–Crippen LogP) is 5.96. The van der Waals surface area contributed by atoms with Crippen LogP contribution in [0, 0.1) is 0 Å². The molecule has 1 heterocycles. The molecule has 3 aromatic carbocycles. The molecule has 1 aliphatic rings. The summed E-state index contributed by atoms with van der Waals surface area (Å²) in [5.41, 5.74) is 2.77. The van der Waals surface area contributed by atoms with Crippen molar-refractivity contribution < 1.29 is 18.3 Å². The number of hydrogen-bond acceptors (Lipinski definition) is 4. The van der Waals surface area contributed by atoms with E-state index in [0.29, 0.717) is 28.7 Å².